The van der Waals surface area contributed by atoms with Gasteiger partial charge in [0.1, 0.15) is 6.54 Å². The summed E-state index contributed by atoms with van der Waals surface area (Å²) in [6.45, 7) is 1.85. The molecule has 0 unspecified atom stereocenters. The van der Waals surface area contributed by atoms with Gasteiger partial charge in [-0.25, -0.2) is 9.97 Å². The van der Waals surface area contributed by atoms with Crippen LogP contribution in [0.2, 0.25) is 5.02 Å². The van der Waals surface area contributed by atoms with Crippen molar-refractivity contribution in [1.82, 2.24) is 45.4 Å². The summed E-state index contributed by atoms with van der Waals surface area (Å²) in [5.74, 6) is -0.879. The van der Waals surface area contributed by atoms with Gasteiger partial charge in [-0.2, -0.15) is 23.5 Å². The lowest BCUT2D eigenvalue weighted by Gasteiger charge is -2.15. The van der Waals surface area contributed by atoms with Crippen LogP contribution >= 0.6 is 11.6 Å². The summed E-state index contributed by atoms with van der Waals surface area (Å²) < 4.78 is 48.7. The smallest absolute Gasteiger partial charge is 0.425 e. The van der Waals surface area contributed by atoms with E-state index >= 15 is 0 Å². The third-order valence-corrected chi connectivity index (χ3v) is 7.40. The molecule has 0 bridgehead atoms. The first-order valence-electron chi connectivity index (χ1n) is 14.1. The lowest BCUT2D eigenvalue weighted by atomic mass is 10.1. The zero-order chi connectivity index (χ0) is 33.6. The summed E-state index contributed by atoms with van der Waals surface area (Å²) in [6, 6.07) is 4.64. The van der Waals surface area contributed by atoms with Gasteiger partial charge in [0.15, 0.2) is 22.9 Å². The molecule has 1 aliphatic rings. The molecule has 47 heavy (non-hydrogen) atoms. The molecule has 5 N–H and O–H groups in total. The molecule has 4 heterocycles. The monoisotopic (exact) mass is 673 g/mol. The first-order chi connectivity index (χ1) is 22.6. The van der Waals surface area contributed by atoms with Gasteiger partial charge in [0.2, 0.25) is 5.91 Å². The number of nitrogens with one attached hydrogen (secondary N) is 5. The van der Waals surface area contributed by atoms with Crippen molar-refractivity contribution in [3.8, 4) is 23.1 Å². The molecule has 3 aromatic heterocycles. The highest BCUT2D eigenvalue weighted by Gasteiger charge is 2.38. The lowest BCUT2D eigenvalue weighted by molar-refractivity contribution is -0.141. The van der Waals surface area contributed by atoms with Gasteiger partial charge in [-0.1, -0.05) is 11.6 Å². The second kappa shape index (κ2) is 14.5. The van der Waals surface area contributed by atoms with Crippen molar-refractivity contribution in [3.63, 3.8) is 0 Å². The van der Waals surface area contributed by atoms with Crippen LogP contribution in [0.3, 0.4) is 0 Å². The number of rotatable bonds is 13. The van der Waals surface area contributed by atoms with Crippen molar-refractivity contribution < 1.29 is 32.3 Å². The Morgan fingerprint density at radius 2 is 2.09 bits per heavy atom. The molecule has 0 radical (unpaired) electrons. The highest BCUT2D eigenvalue weighted by atomic mass is 35.5. The van der Waals surface area contributed by atoms with Crippen molar-refractivity contribution in [2.45, 2.75) is 25.2 Å². The van der Waals surface area contributed by atoms with Gasteiger partial charge in [0.25, 0.3) is 12.4 Å². The van der Waals surface area contributed by atoms with Crippen LogP contribution in [-0.2, 0) is 22.3 Å². The summed E-state index contributed by atoms with van der Waals surface area (Å²) in [5, 5.41) is 26.8. The maximum absolute atomic E-state index is 13.8. The number of halogens is 4. The third-order valence-electron chi connectivity index (χ3n) is 7.03. The Morgan fingerprint density at radius 3 is 2.81 bits per heavy atom. The summed E-state index contributed by atoms with van der Waals surface area (Å²) >= 11 is 6.47. The molecule has 5 rings (SSSR count). The summed E-state index contributed by atoms with van der Waals surface area (Å²) in [4.78, 5) is 44.7. The Morgan fingerprint density at radius 1 is 1.26 bits per heavy atom. The van der Waals surface area contributed by atoms with Crippen LogP contribution in [0, 0.1) is 11.3 Å². The first kappa shape index (κ1) is 33.1. The lowest BCUT2D eigenvalue weighted by Crippen LogP contribution is -2.42. The molecule has 1 atom stereocenters. The Balaban J connectivity index is 1.30. The summed E-state index contributed by atoms with van der Waals surface area (Å²) in [5.41, 5.74) is -1.28. The van der Waals surface area contributed by atoms with E-state index in [0.29, 0.717) is 6.54 Å². The predicted molar refractivity (Wildman–Crippen MR) is 161 cm³/mol. The number of aromatic nitrogens is 5. The van der Waals surface area contributed by atoms with E-state index in [0.717, 1.165) is 30.4 Å². The highest BCUT2D eigenvalue weighted by Crippen LogP contribution is 2.39. The fraction of sp³-hybridized carbons (Fsp3) is 0.321. The van der Waals surface area contributed by atoms with E-state index in [-0.39, 0.29) is 76.3 Å². The minimum atomic E-state index is -4.81. The number of carbonyl (C=O) groups is 3. The zero-order valence-electron chi connectivity index (χ0n) is 24.4. The standard InChI is InChI=1S/C28H27ClF3N11O4/c29-22-17(27(46)37-7-6-35-13-21(45)39-16-3-5-34-11-16)1-2-19(23(22)47-15-44)40-25-26-38-12-20(43(26)10-8-36-25)18-14-42(9-4-33)41-24(18)28(30,31)32/h1-2,8,10,12,14-16,34-35H,3,5-7,9,11,13H2,(H,36,40)(H,37,46)(H,39,45)/t16-/m0/s1. The second-order valence-corrected chi connectivity index (χ2v) is 10.6. The Kier molecular flexibility index (Phi) is 10.2. The SMILES string of the molecule is N#CCn1cc(-c2cnc3c(Nc4ccc(C(=O)NCCNCC(=O)N[C@H]5CCNC5)c(Cl)c4OC=O)nccn23)c(C(F)(F)F)n1. The summed E-state index contributed by atoms with van der Waals surface area (Å²) in [7, 11) is 0. The van der Waals surface area contributed by atoms with Crippen molar-refractivity contribution in [2.75, 3.05) is 38.0 Å². The largest absolute Gasteiger partial charge is 0.435 e. The number of fused-ring (bicyclic) bond motifs is 1. The minimum Gasteiger partial charge on any atom is -0.425 e. The van der Waals surface area contributed by atoms with Gasteiger partial charge in [0.05, 0.1) is 46.3 Å². The average Bonchev–Trinajstić information content (AvgIpc) is 3.79. The van der Waals surface area contributed by atoms with E-state index < -0.39 is 24.3 Å². The number of imidazole rings is 1. The molecule has 1 aromatic carbocycles. The number of ether oxygens (including phenoxy) is 1. The molecule has 2 amide bonds. The first-order valence-corrected chi connectivity index (χ1v) is 14.5. The van der Waals surface area contributed by atoms with Gasteiger partial charge in [-0.15, -0.1) is 0 Å². The predicted octanol–water partition coefficient (Wildman–Crippen LogP) is 1.86. The normalized spacial score (nSPS) is 14.5. The van der Waals surface area contributed by atoms with Crippen LogP contribution in [0.5, 0.6) is 5.75 Å². The Labute approximate surface area is 269 Å². The number of anilines is 2. The van der Waals surface area contributed by atoms with Crippen LogP contribution in [0.1, 0.15) is 22.5 Å². The average molecular weight is 674 g/mol. The van der Waals surface area contributed by atoms with Crippen LogP contribution in [-0.4, -0.2) is 81.2 Å². The number of benzene rings is 1. The number of hydrogen-bond donors (Lipinski definition) is 5. The molecule has 19 heteroatoms. The number of alkyl halides is 3. The molecular weight excluding hydrogens is 647 g/mol. The maximum Gasteiger partial charge on any atom is 0.435 e. The number of hydrogen-bond acceptors (Lipinski definition) is 11. The number of nitriles is 1. The molecule has 0 saturated carbocycles. The molecule has 1 aliphatic heterocycles. The van der Waals surface area contributed by atoms with E-state index in [4.69, 9.17) is 21.6 Å². The number of carbonyl (C=O) groups excluding carboxylic acids is 3. The molecular formula is C28H27ClF3N11O4. The molecule has 246 valence electrons. The molecule has 0 spiro atoms. The zero-order valence-corrected chi connectivity index (χ0v) is 25.2. The van der Waals surface area contributed by atoms with E-state index in [2.05, 4.69) is 41.7 Å². The number of amides is 2. The van der Waals surface area contributed by atoms with Gasteiger partial charge < -0.3 is 31.3 Å². The fourth-order valence-corrected chi connectivity index (χ4v) is 5.21. The minimum absolute atomic E-state index is 0.0103. The molecule has 1 fully saturated rings. The van der Waals surface area contributed by atoms with Crippen molar-refractivity contribution in [2.24, 2.45) is 0 Å². The van der Waals surface area contributed by atoms with Crippen LogP contribution < -0.4 is 31.3 Å². The van der Waals surface area contributed by atoms with Gasteiger partial charge in [-0.05, 0) is 25.1 Å². The number of nitrogens with zero attached hydrogens (tertiary/aromatic N) is 6. The Hall–Kier alpha value is -5.25. The van der Waals surface area contributed by atoms with E-state index in [1.165, 1.54) is 35.1 Å². The molecule has 15 nitrogen and oxygen atoms in total. The van der Waals surface area contributed by atoms with Gasteiger partial charge in [0, 0.05) is 44.3 Å². The third kappa shape index (κ3) is 7.60. The summed E-state index contributed by atoms with van der Waals surface area (Å²) in [6.07, 6.45) is 1.06. The van der Waals surface area contributed by atoms with E-state index in [1.807, 2.05) is 0 Å². The second-order valence-electron chi connectivity index (χ2n) is 10.2. The van der Waals surface area contributed by atoms with Crippen LogP contribution in [0.25, 0.3) is 16.9 Å². The van der Waals surface area contributed by atoms with Crippen molar-refractivity contribution in [1.29, 1.82) is 5.26 Å². The maximum atomic E-state index is 13.8. The van der Waals surface area contributed by atoms with Crippen molar-refractivity contribution >= 4 is 47.0 Å². The quantitative estimate of drug-likeness (QED) is 0.103. The van der Waals surface area contributed by atoms with Gasteiger partial charge >= 0.3 is 6.18 Å². The van der Waals surface area contributed by atoms with E-state index in [9.17, 15) is 27.6 Å². The molecule has 0 aliphatic carbocycles. The van der Waals surface area contributed by atoms with Crippen LogP contribution in [0.15, 0.2) is 36.9 Å². The Bertz CT molecular complexity index is 1830. The van der Waals surface area contributed by atoms with E-state index in [1.54, 1.807) is 6.07 Å². The van der Waals surface area contributed by atoms with Gasteiger partial charge in [-0.3, -0.25) is 23.5 Å². The topological polar surface area (TPSA) is 192 Å². The molecule has 1 saturated heterocycles. The fourth-order valence-electron chi connectivity index (χ4n) is 4.92. The van der Waals surface area contributed by atoms with Crippen LogP contribution in [0.4, 0.5) is 24.7 Å². The highest BCUT2D eigenvalue weighted by molar-refractivity contribution is 6.36. The molecule has 4 aromatic rings. The van der Waals surface area contributed by atoms with Crippen molar-refractivity contribution in [3.05, 3.63) is 53.2 Å².